The van der Waals surface area contributed by atoms with Gasteiger partial charge in [0, 0.05) is 17.8 Å². The highest BCUT2D eigenvalue weighted by molar-refractivity contribution is 6.06. The summed E-state index contributed by atoms with van der Waals surface area (Å²) in [6.45, 7) is 10.7. The highest BCUT2D eigenvalue weighted by atomic mass is 16.6. The molecule has 2 N–H and O–H groups in total. The molecule has 0 saturated carbocycles. The molecule has 2 aromatic carbocycles. The number of anilines is 1. The maximum absolute atomic E-state index is 12.6. The van der Waals surface area contributed by atoms with Crippen molar-refractivity contribution in [3.8, 4) is 5.75 Å². The van der Waals surface area contributed by atoms with Gasteiger partial charge in [-0.15, -0.1) is 0 Å². The molecule has 0 aliphatic carbocycles. The molecule has 0 unspecified atom stereocenters. The normalized spacial score (nSPS) is 11.9. The molecular formula is C21H26N2O4. The van der Waals surface area contributed by atoms with Crippen LogP contribution in [0, 0.1) is 15.5 Å². The predicted molar refractivity (Wildman–Crippen MR) is 106 cm³/mol. The largest absolute Gasteiger partial charge is 0.507 e. The van der Waals surface area contributed by atoms with Crippen LogP contribution in [-0.2, 0) is 5.41 Å². The number of carbonyl (C=O) groups excluding carboxylic acids is 1. The van der Waals surface area contributed by atoms with Gasteiger partial charge < -0.3 is 10.4 Å². The first-order valence-electron chi connectivity index (χ1n) is 8.78. The van der Waals surface area contributed by atoms with Crippen molar-refractivity contribution in [2.75, 3.05) is 5.32 Å². The zero-order valence-electron chi connectivity index (χ0n) is 16.4. The van der Waals surface area contributed by atoms with Crippen LogP contribution in [0.2, 0.25) is 0 Å². The molecule has 2 rings (SSSR count). The van der Waals surface area contributed by atoms with Gasteiger partial charge in [0.2, 0.25) is 0 Å². The van der Waals surface area contributed by atoms with Crippen LogP contribution < -0.4 is 5.32 Å². The molecule has 2 aromatic rings. The predicted octanol–water partition coefficient (Wildman–Crippen LogP) is 5.27. The highest BCUT2D eigenvalue weighted by Gasteiger charge is 2.28. The van der Waals surface area contributed by atoms with E-state index in [1.165, 1.54) is 30.3 Å². The number of aromatic hydroxyl groups is 1. The van der Waals surface area contributed by atoms with Crippen LogP contribution in [0.4, 0.5) is 11.4 Å². The molecule has 0 bridgehead atoms. The third kappa shape index (κ3) is 5.29. The summed E-state index contributed by atoms with van der Waals surface area (Å²) >= 11 is 0. The molecule has 6 heteroatoms. The van der Waals surface area contributed by atoms with Gasteiger partial charge in [0.15, 0.2) is 0 Å². The van der Waals surface area contributed by atoms with Crippen molar-refractivity contribution in [1.82, 2.24) is 0 Å². The summed E-state index contributed by atoms with van der Waals surface area (Å²) in [5.74, 6) is -0.570. The lowest BCUT2D eigenvalue weighted by Gasteiger charge is -2.33. The van der Waals surface area contributed by atoms with Gasteiger partial charge in [-0.3, -0.25) is 14.9 Å². The second-order valence-corrected chi connectivity index (χ2v) is 8.61. The number of nitrogens with one attached hydrogen (secondary N) is 1. The molecule has 0 aliphatic rings. The Morgan fingerprint density at radius 2 is 1.67 bits per heavy atom. The van der Waals surface area contributed by atoms with E-state index < -0.39 is 10.8 Å². The van der Waals surface area contributed by atoms with Gasteiger partial charge in [-0.05, 0) is 47.1 Å². The summed E-state index contributed by atoms with van der Waals surface area (Å²) < 4.78 is 0. The molecule has 27 heavy (non-hydrogen) atoms. The Hall–Kier alpha value is -2.89. The summed E-state index contributed by atoms with van der Waals surface area (Å²) in [5, 5.41) is 23.5. The number of nitro groups is 1. The number of phenolic OH excluding ortho intramolecular Hbond substituents is 1. The maximum atomic E-state index is 12.6. The third-order valence-corrected chi connectivity index (χ3v) is 4.33. The highest BCUT2D eigenvalue weighted by Crippen LogP contribution is 2.37. The number of carbonyl (C=O) groups is 1. The van der Waals surface area contributed by atoms with Gasteiger partial charge in [0.05, 0.1) is 10.5 Å². The van der Waals surface area contributed by atoms with Crippen LogP contribution in [0.25, 0.3) is 0 Å². The summed E-state index contributed by atoms with van der Waals surface area (Å²) in [6.07, 6.45) is 0.911. The molecule has 0 spiro atoms. The molecule has 6 nitrogen and oxygen atoms in total. The number of non-ortho nitro benzene ring substituents is 1. The zero-order chi connectivity index (χ0) is 20.4. The summed E-state index contributed by atoms with van der Waals surface area (Å²) in [6, 6.07) is 10.6. The number of benzene rings is 2. The zero-order valence-corrected chi connectivity index (χ0v) is 16.4. The van der Waals surface area contributed by atoms with Crippen LogP contribution in [0.5, 0.6) is 5.75 Å². The summed E-state index contributed by atoms with van der Waals surface area (Å²) in [4.78, 5) is 22.8. The minimum absolute atomic E-state index is 0.0539. The number of hydrogen-bond acceptors (Lipinski definition) is 4. The average molecular weight is 370 g/mol. The van der Waals surface area contributed by atoms with E-state index in [1.54, 1.807) is 6.07 Å². The van der Waals surface area contributed by atoms with Crippen LogP contribution >= 0.6 is 0 Å². The molecule has 0 aromatic heterocycles. The third-order valence-electron chi connectivity index (χ3n) is 4.33. The standard InChI is InChI=1S/C21H26N2O4/c1-20(2,3)13-21(4,5)14-6-11-18(24)17(12-14)19(25)22-15-7-9-16(10-8-15)23(26)27/h6-12,24H,13H2,1-5H3,(H,22,25). The van der Waals surface area contributed by atoms with Crippen LogP contribution in [0.3, 0.4) is 0 Å². The van der Waals surface area contributed by atoms with Gasteiger partial charge in [0.1, 0.15) is 5.75 Å². The molecule has 0 radical (unpaired) electrons. The first kappa shape index (κ1) is 20.4. The monoisotopic (exact) mass is 370 g/mol. The summed E-state index contributed by atoms with van der Waals surface area (Å²) in [7, 11) is 0. The van der Waals surface area contributed by atoms with Crippen LogP contribution in [-0.4, -0.2) is 15.9 Å². The van der Waals surface area contributed by atoms with Crippen molar-refractivity contribution < 1.29 is 14.8 Å². The number of nitro benzene ring substituents is 1. The Labute approximate surface area is 159 Å². The minimum Gasteiger partial charge on any atom is -0.507 e. The first-order valence-corrected chi connectivity index (χ1v) is 8.78. The van der Waals surface area contributed by atoms with E-state index in [-0.39, 0.29) is 27.8 Å². The van der Waals surface area contributed by atoms with E-state index >= 15 is 0 Å². The van der Waals surface area contributed by atoms with E-state index in [0.717, 1.165) is 12.0 Å². The van der Waals surface area contributed by atoms with Crippen LogP contribution in [0.1, 0.15) is 57.0 Å². The summed E-state index contributed by atoms with van der Waals surface area (Å²) in [5.41, 5.74) is 1.44. The van der Waals surface area contributed by atoms with Crippen molar-refractivity contribution in [3.05, 3.63) is 63.7 Å². The number of amides is 1. The van der Waals surface area contributed by atoms with Crippen LogP contribution in [0.15, 0.2) is 42.5 Å². The molecule has 0 saturated heterocycles. The molecule has 144 valence electrons. The van der Waals surface area contributed by atoms with Crippen molar-refractivity contribution in [2.45, 2.75) is 46.5 Å². The van der Waals surface area contributed by atoms with E-state index in [0.29, 0.717) is 5.69 Å². The average Bonchev–Trinajstić information content (AvgIpc) is 2.53. The van der Waals surface area contributed by atoms with Gasteiger partial charge in [-0.25, -0.2) is 0 Å². The molecule has 0 aliphatic heterocycles. The lowest BCUT2D eigenvalue weighted by molar-refractivity contribution is -0.384. The number of hydrogen-bond donors (Lipinski definition) is 2. The van der Waals surface area contributed by atoms with E-state index in [2.05, 4.69) is 39.9 Å². The number of phenols is 1. The maximum Gasteiger partial charge on any atom is 0.269 e. The van der Waals surface area contributed by atoms with Crippen molar-refractivity contribution in [2.24, 2.45) is 5.41 Å². The lowest BCUT2D eigenvalue weighted by atomic mass is 9.72. The second-order valence-electron chi connectivity index (χ2n) is 8.61. The Morgan fingerprint density at radius 3 is 2.19 bits per heavy atom. The smallest absolute Gasteiger partial charge is 0.269 e. The fourth-order valence-electron chi connectivity index (χ4n) is 3.43. The first-order chi connectivity index (χ1) is 12.4. The van der Waals surface area contributed by atoms with E-state index in [1.807, 2.05) is 6.07 Å². The van der Waals surface area contributed by atoms with E-state index in [4.69, 9.17) is 0 Å². The fourth-order valence-corrected chi connectivity index (χ4v) is 3.43. The molecule has 1 amide bonds. The van der Waals surface area contributed by atoms with Gasteiger partial charge in [-0.2, -0.15) is 0 Å². The Balaban J connectivity index is 2.27. The quantitative estimate of drug-likeness (QED) is 0.554. The molecule has 0 heterocycles. The molecule has 0 fully saturated rings. The topological polar surface area (TPSA) is 92.5 Å². The van der Waals surface area contributed by atoms with Crippen molar-refractivity contribution in [3.63, 3.8) is 0 Å². The van der Waals surface area contributed by atoms with Crippen molar-refractivity contribution in [1.29, 1.82) is 0 Å². The SMILES string of the molecule is CC(C)(C)CC(C)(C)c1ccc(O)c(C(=O)Nc2ccc([N+](=O)[O-])cc2)c1. The lowest BCUT2D eigenvalue weighted by Crippen LogP contribution is -2.25. The minimum atomic E-state index is -0.502. The van der Waals surface area contributed by atoms with Gasteiger partial charge >= 0.3 is 0 Å². The second kappa shape index (κ2) is 7.39. The fraction of sp³-hybridized carbons (Fsp3) is 0.381. The molecular weight excluding hydrogens is 344 g/mol. The van der Waals surface area contributed by atoms with Gasteiger partial charge in [0.25, 0.3) is 11.6 Å². The number of nitrogens with zero attached hydrogens (tertiary/aromatic N) is 1. The van der Waals surface area contributed by atoms with E-state index in [9.17, 15) is 20.0 Å². The van der Waals surface area contributed by atoms with Gasteiger partial charge in [-0.1, -0.05) is 40.7 Å². The Bertz CT molecular complexity index is 849. The Kier molecular flexibility index (Phi) is 5.59. The number of rotatable bonds is 5. The van der Waals surface area contributed by atoms with Crippen molar-refractivity contribution >= 4 is 17.3 Å². The molecule has 0 atom stereocenters. The Morgan fingerprint density at radius 1 is 1.07 bits per heavy atom.